The quantitative estimate of drug-likeness (QED) is 0.815. The molecule has 2 aromatic rings. The summed E-state index contributed by atoms with van der Waals surface area (Å²) in [6.07, 6.45) is 1.12. The van der Waals surface area contributed by atoms with Crippen LogP contribution in [0.2, 0.25) is 0 Å². The molecule has 1 amide bonds. The van der Waals surface area contributed by atoms with Crippen molar-refractivity contribution >= 4 is 42.1 Å². The van der Waals surface area contributed by atoms with Crippen molar-refractivity contribution in [2.24, 2.45) is 5.73 Å². The van der Waals surface area contributed by atoms with E-state index in [1.807, 2.05) is 37.4 Å². The maximum atomic E-state index is 11.8. The van der Waals surface area contributed by atoms with E-state index in [1.54, 1.807) is 11.3 Å². The summed E-state index contributed by atoms with van der Waals surface area (Å²) >= 11 is 1.59. The van der Waals surface area contributed by atoms with Gasteiger partial charge in [-0.25, -0.2) is 4.98 Å². The highest BCUT2D eigenvalue weighted by Crippen LogP contribution is 2.15. The second-order valence-corrected chi connectivity index (χ2v) is 6.78. The Balaban J connectivity index is 0.00000242. The lowest BCUT2D eigenvalue weighted by Gasteiger charge is -2.18. The summed E-state index contributed by atoms with van der Waals surface area (Å²) in [7, 11) is 0. The first-order chi connectivity index (χ1) is 9.92. The van der Waals surface area contributed by atoms with Gasteiger partial charge in [-0.3, -0.25) is 4.79 Å². The van der Waals surface area contributed by atoms with Gasteiger partial charge in [-0.05, 0) is 19.4 Å². The molecule has 1 aromatic heterocycles. The number of rotatable bonds is 6. The van der Waals surface area contributed by atoms with Crippen molar-refractivity contribution in [3.63, 3.8) is 0 Å². The Bertz CT molecular complexity index is 597. The fourth-order valence-corrected chi connectivity index (χ4v) is 2.66. The molecular weight excluding hydrogens is 353 g/mol. The van der Waals surface area contributed by atoms with E-state index in [2.05, 4.69) is 22.4 Å². The number of halogens is 2. The molecule has 1 aromatic carbocycles. The zero-order chi connectivity index (χ0) is 15.3. The topological polar surface area (TPSA) is 68.0 Å². The second-order valence-electron chi connectivity index (χ2n) is 5.84. The predicted molar refractivity (Wildman–Crippen MR) is 101 cm³/mol. The summed E-state index contributed by atoms with van der Waals surface area (Å²) in [4.78, 5) is 16.3. The predicted octanol–water partition coefficient (Wildman–Crippen LogP) is 2.97. The van der Waals surface area contributed by atoms with Gasteiger partial charge in [0.2, 0.25) is 5.91 Å². The number of aromatic nitrogens is 1. The molecule has 4 nitrogen and oxygen atoms in total. The minimum atomic E-state index is -0.393. The van der Waals surface area contributed by atoms with Crippen molar-refractivity contribution in [3.05, 3.63) is 52.0 Å². The molecule has 0 saturated heterocycles. The van der Waals surface area contributed by atoms with Crippen molar-refractivity contribution in [1.82, 2.24) is 10.3 Å². The Morgan fingerprint density at radius 3 is 2.52 bits per heavy atom. The Labute approximate surface area is 153 Å². The Kier molecular flexibility index (Phi) is 9.39. The maximum Gasteiger partial charge on any atom is 0.226 e. The van der Waals surface area contributed by atoms with Crippen LogP contribution in [0, 0.1) is 0 Å². The van der Waals surface area contributed by atoms with Crippen LogP contribution < -0.4 is 11.1 Å². The van der Waals surface area contributed by atoms with Gasteiger partial charge in [0.1, 0.15) is 0 Å². The van der Waals surface area contributed by atoms with Gasteiger partial charge >= 0.3 is 0 Å². The van der Waals surface area contributed by atoms with Crippen LogP contribution in [0.4, 0.5) is 0 Å². The lowest BCUT2D eigenvalue weighted by Crippen LogP contribution is -2.45. The van der Waals surface area contributed by atoms with Gasteiger partial charge < -0.3 is 11.1 Å². The number of carbonyl (C=O) groups is 1. The van der Waals surface area contributed by atoms with Gasteiger partial charge in [-0.1, -0.05) is 30.3 Å². The molecule has 2 rings (SSSR count). The lowest BCUT2D eigenvalue weighted by molar-refractivity contribution is -0.120. The minimum Gasteiger partial charge on any atom is -0.354 e. The van der Waals surface area contributed by atoms with Crippen molar-refractivity contribution < 1.29 is 4.79 Å². The number of hydrogen-bond donors (Lipinski definition) is 2. The van der Waals surface area contributed by atoms with Crippen molar-refractivity contribution in [1.29, 1.82) is 0 Å². The van der Waals surface area contributed by atoms with Gasteiger partial charge in [0.15, 0.2) is 0 Å². The number of benzene rings is 1. The Hall–Kier alpha value is -1.14. The molecule has 3 N–H and O–H groups in total. The van der Waals surface area contributed by atoms with Gasteiger partial charge in [-0.2, -0.15) is 0 Å². The van der Waals surface area contributed by atoms with Gasteiger partial charge in [0.05, 0.1) is 17.1 Å². The number of nitrogens with zero attached hydrogens (tertiary/aromatic N) is 1. The third-order valence-electron chi connectivity index (χ3n) is 2.88. The smallest absolute Gasteiger partial charge is 0.226 e. The molecule has 23 heavy (non-hydrogen) atoms. The SMILES string of the molecule is CC(C)(N)CNC(=O)Cc1csc(Cc2ccccc2)n1.Cl.Cl. The first-order valence-corrected chi connectivity index (χ1v) is 7.83. The molecule has 7 heteroatoms. The monoisotopic (exact) mass is 375 g/mol. The molecule has 0 bridgehead atoms. The Morgan fingerprint density at radius 1 is 1.26 bits per heavy atom. The number of thiazole rings is 1. The van der Waals surface area contributed by atoms with Gasteiger partial charge in [0, 0.05) is 23.9 Å². The Morgan fingerprint density at radius 2 is 1.91 bits per heavy atom. The first-order valence-electron chi connectivity index (χ1n) is 6.95. The summed E-state index contributed by atoms with van der Waals surface area (Å²) in [5.74, 6) is -0.0370. The van der Waals surface area contributed by atoms with Crippen molar-refractivity contribution in [3.8, 4) is 0 Å². The molecule has 0 atom stereocenters. The maximum absolute atomic E-state index is 11.8. The van der Waals surface area contributed by atoms with E-state index in [9.17, 15) is 4.79 Å². The normalized spacial score (nSPS) is 10.4. The summed E-state index contributed by atoms with van der Waals surface area (Å²) in [5.41, 5.74) is 7.49. The number of nitrogens with one attached hydrogen (secondary N) is 1. The highest BCUT2D eigenvalue weighted by atomic mass is 35.5. The van der Waals surface area contributed by atoms with Crippen LogP contribution in [0.15, 0.2) is 35.7 Å². The van der Waals surface area contributed by atoms with Crippen LogP contribution >= 0.6 is 36.2 Å². The van der Waals surface area contributed by atoms with Crippen LogP contribution in [0.25, 0.3) is 0 Å². The average molecular weight is 376 g/mol. The third-order valence-corrected chi connectivity index (χ3v) is 3.78. The standard InChI is InChI=1S/C16H21N3OS.2ClH/c1-16(2,17)11-18-14(20)9-13-10-21-15(19-13)8-12-6-4-3-5-7-12;;/h3-7,10H,8-9,11,17H2,1-2H3,(H,18,20);2*1H. The first kappa shape index (κ1) is 21.9. The third kappa shape index (κ3) is 8.32. The summed E-state index contributed by atoms with van der Waals surface area (Å²) < 4.78 is 0. The van der Waals surface area contributed by atoms with E-state index >= 15 is 0 Å². The molecule has 128 valence electrons. The molecular formula is C16H23Cl2N3OS. The summed E-state index contributed by atoms with van der Waals surface area (Å²) in [6, 6.07) is 10.2. The molecule has 0 saturated carbocycles. The fourth-order valence-electron chi connectivity index (χ4n) is 1.84. The van der Waals surface area contributed by atoms with Gasteiger partial charge in [-0.15, -0.1) is 36.2 Å². The lowest BCUT2D eigenvalue weighted by atomic mass is 10.1. The molecule has 0 unspecified atom stereocenters. The molecule has 0 aliphatic rings. The number of amides is 1. The zero-order valence-corrected chi connectivity index (χ0v) is 15.7. The molecule has 0 fully saturated rings. The van der Waals surface area contributed by atoms with Crippen LogP contribution in [-0.4, -0.2) is 23.0 Å². The summed E-state index contributed by atoms with van der Waals surface area (Å²) in [5, 5.41) is 5.81. The highest BCUT2D eigenvalue weighted by Gasteiger charge is 2.13. The van der Waals surface area contributed by atoms with Crippen LogP contribution in [0.5, 0.6) is 0 Å². The van der Waals surface area contributed by atoms with E-state index in [4.69, 9.17) is 5.73 Å². The molecule has 1 heterocycles. The number of carbonyl (C=O) groups excluding carboxylic acids is 1. The molecule has 0 spiro atoms. The van der Waals surface area contributed by atoms with E-state index < -0.39 is 5.54 Å². The van der Waals surface area contributed by atoms with Gasteiger partial charge in [0.25, 0.3) is 0 Å². The second kappa shape index (κ2) is 9.88. The van der Waals surface area contributed by atoms with Crippen LogP contribution in [-0.2, 0) is 17.6 Å². The fraction of sp³-hybridized carbons (Fsp3) is 0.375. The van der Waals surface area contributed by atoms with E-state index in [-0.39, 0.29) is 30.7 Å². The van der Waals surface area contributed by atoms with E-state index in [0.717, 1.165) is 17.1 Å². The zero-order valence-electron chi connectivity index (χ0n) is 13.2. The molecule has 0 aliphatic heterocycles. The molecule has 0 radical (unpaired) electrons. The van der Waals surface area contributed by atoms with Crippen molar-refractivity contribution in [2.75, 3.05) is 6.54 Å². The largest absolute Gasteiger partial charge is 0.354 e. The summed E-state index contributed by atoms with van der Waals surface area (Å²) in [6.45, 7) is 4.23. The van der Waals surface area contributed by atoms with E-state index in [0.29, 0.717) is 13.0 Å². The number of hydrogen-bond acceptors (Lipinski definition) is 4. The van der Waals surface area contributed by atoms with Crippen LogP contribution in [0.1, 0.15) is 30.1 Å². The highest BCUT2D eigenvalue weighted by molar-refractivity contribution is 7.09. The average Bonchev–Trinajstić information content (AvgIpc) is 2.84. The van der Waals surface area contributed by atoms with Crippen LogP contribution in [0.3, 0.4) is 0 Å². The molecule has 0 aliphatic carbocycles. The van der Waals surface area contributed by atoms with E-state index in [1.165, 1.54) is 5.56 Å². The van der Waals surface area contributed by atoms with Crippen molar-refractivity contribution in [2.45, 2.75) is 32.2 Å². The minimum absolute atomic E-state index is 0. The number of nitrogens with two attached hydrogens (primary N) is 1.